The van der Waals surface area contributed by atoms with E-state index in [9.17, 15) is 14.4 Å². The van der Waals surface area contributed by atoms with Crippen LogP contribution in [-0.4, -0.2) is 17.6 Å². The van der Waals surface area contributed by atoms with Gasteiger partial charge in [-0.2, -0.15) is 0 Å². The quantitative estimate of drug-likeness (QED) is 0.167. The highest BCUT2D eigenvalue weighted by atomic mass is 79.9. The summed E-state index contributed by atoms with van der Waals surface area (Å²) >= 11 is 9.53. The Bertz CT molecular complexity index is 1510. The van der Waals surface area contributed by atoms with Crippen molar-refractivity contribution in [1.82, 2.24) is 5.32 Å². The van der Waals surface area contributed by atoms with Gasteiger partial charge in [0.15, 0.2) is 5.78 Å². The SMILES string of the molecule is O=C(Nc1ccc(C(=O)/C=C/c2ccccc2Cl)cc1)/C(=C/c1ccc(Br)cc1)NC(=O)c1ccccc1. The van der Waals surface area contributed by atoms with Crippen LogP contribution in [-0.2, 0) is 4.79 Å². The molecule has 0 aliphatic carbocycles. The fourth-order valence-corrected chi connectivity index (χ4v) is 3.92. The van der Waals surface area contributed by atoms with E-state index in [1.54, 1.807) is 66.7 Å². The summed E-state index contributed by atoms with van der Waals surface area (Å²) in [5, 5.41) is 6.05. The summed E-state index contributed by atoms with van der Waals surface area (Å²) in [7, 11) is 0. The number of carbonyl (C=O) groups excluding carboxylic acids is 3. The molecule has 0 aliphatic rings. The Balaban J connectivity index is 1.49. The zero-order valence-corrected chi connectivity index (χ0v) is 22.4. The molecule has 0 saturated carbocycles. The number of nitrogens with one attached hydrogen (secondary N) is 2. The minimum atomic E-state index is -0.505. The largest absolute Gasteiger partial charge is 0.321 e. The molecule has 188 valence electrons. The lowest BCUT2D eigenvalue weighted by molar-refractivity contribution is -0.113. The van der Waals surface area contributed by atoms with Crippen LogP contribution in [0.2, 0.25) is 5.02 Å². The van der Waals surface area contributed by atoms with Crippen molar-refractivity contribution in [3.8, 4) is 0 Å². The maximum absolute atomic E-state index is 13.2. The molecule has 0 aromatic heterocycles. The second kappa shape index (κ2) is 12.8. The molecule has 4 rings (SSSR count). The summed E-state index contributed by atoms with van der Waals surface area (Å²) in [6.45, 7) is 0. The Hall–Kier alpha value is -4.26. The third-order valence-corrected chi connectivity index (χ3v) is 6.33. The summed E-state index contributed by atoms with van der Waals surface area (Å²) in [4.78, 5) is 38.5. The smallest absolute Gasteiger partial charge is 0.272 e. The summed E-state index contributed by atoms with van der Waals surface area (Å²) in [5.41, 5.74) is 2.90. The van der Waals surface area contributed by atoms with Crippen LogP contribution < -0.4 is 10.6 Å². The van der Waals surface area contributed by atoms with Gasteiger partial charge in [0, 0.05) is 26.3 Å². The summed E-state index contributed by atoms with van der Waals surface area (Å²) in [6.07, 6.45) is 4.71. The fourth-order valence-electron chi connectivity index (χ4n) is 3.46. The van der Waals surface area contributed by atoms with Gasteiger partial charge in [-0.3, -0.25) is 14.4 Å². The fraction of sp³-hybridized carbons (Fsp3) is 0. The van der Waals surface area contributed by atoms with E-state index in [0.717, 1.165) is 15.6 Å². The molecule has 0 saturated heterocycles. The molecule has 2 amide bonds. The first-order valence-corrected chi connectivity index (χ1v) is 12.8. The molecule has 0 radical (unpaired) electrons. The van der Waals surface area contributed by atoms with Gasteiger partial charge in [-0.15, -0.1) is 0 Å². The molecular formula is C31H22BrClN2O3. The van der Waals surface area contributed by atoms with Crippen molar-refractivity contribution in [3.05, 3.63) is 147 Å². The number of hydrogen-bond acceptors (Lipinski definition) is 3. The molecule has 5 nitrogen and oxygen atoms in total. The Labute approximate surface area is 234 Å². The number of ketones is 1. The van der Waals surface area contributed by atoms with E-state index >= 15 is 0 Å². The molecule has 38 heavy (non-hydrogen) atoms. The van der Waals surface area contributed by atoms with Gasteiger partial charge in [0.25, 0.3) is 11.8 Å². The van der Waals surface area contributed by atoms with Crippen molar-refractivity contribution in [2.45, 2.75) is 0 Å². The van der Waals surface area contributed by atoms with Crippen LogP contribution in [0, 0.1) is 0 Å². The van der Waals surface area contributed by atoms with E-state index in [2.05, 4.69) is 26.6 Å². The molecule has 0 heterocycles. The molecule has 4 aromatic rings. The summed E-state index contributed by atoms with van der Waals surface area (Å²) in [5.74, 6) is -1.11. The van der Waals surface area contributed by atoms with Crippen LogP contribution in [0.15, 0.2) is 119 Å². The molecule has 7 heteroatoms. The third-order valence-electron chi connectivity index (χ3n) is 5.46. The Morgan fingerprint density at radius 3 is 2.08 bits per heavy atom. The predicted molar refractivity (Wildman–Crippen MR) is 156 cm³/mol. The van der Waals surface area contributed by atoms with Crippen LogP contribution in [0.25, 0.3) is 12.2 Å². The highest BCUT2D eigenvalue weighted by Crippen LogP contribution is 2.18. The van der Waals surface area contributed by atoms with Gasteiger partial charge < -0.3 is 10.6 Å². The Morgan fingerprint density at radius 2 is 1.39 bits per heavy atom. The van der Waals surface area contributed by atoms with Crippen LogP contribution >= 0.6 is 27.5 Å². The molecule has 0 atom stereocenters. The van der Waals surface area contributed by atoms with Gasteiger partial charge in [-0.1, -0.05) is 76.1 Å². The Kier molecular flexibility index (Phi) is 9.03. The maximum Gasteiger partial charge on any atom is 0.272 e. The van der Waals surface area contributed by atoms with Gasteiger partial charge in [-0.05, 0) is 84.0 Å². The molecule has 0 aliphatic heterocycles. The van der Waals surface area contributed by atoms with Crippen molar-refractivity contribution < 1.29 is 14.4 Å². The first kappa shape index (κ1) is 26.8. The van der Waals surface area contributed by atoms with Crippen molar-refractivity contribution in [2.24, 2.45) is 0 Å². The lowest BCUT2D eigenvalue weighted by Gasteiger charge is -2.12. The topological polar surface area (TPSA) is 75.3 Å². The van der Waals surface area contributed by atoms with Gasteiger partial charge >= 0.3 is 0 Å². The monoisotopic (exact) mass is 584 g/mol. The molecule has 0 bridgehead atoms. The zero-order chi connectivity index (χ0) is 26.9. The van der Waals surface area contributed by atoms with E-state index in [-0.39, 0.29) is 11.5 Å². The van der Waals surface area contributed by atoms with Gasteiger partial charge in [0.1, 0.15) is 5.70 Å². The number of carbonyl (C=O) groups is 3. The van der Waals surface area contributed by atoms with Crippen molar-refractivity contribution >= 4 is 63.0 Å². The van der Waals surface area contributed by atoms with Crippen LogP contribution in [0.4, 0.5) is 5.69 Å². The van der Waals surface area contributed by atoms with Crippen molar-refractivity contribution in [1.29, 1.82) is 0 Å². The normalized spacial score (nSPS) is 11.3. The maximum atomic E-state index is 13.2. The number of allylic oxidation sites excluding steroid dienone is 1. The van der Waals surface area contributed by atoms with Crippen molar-refractivity contribution in [3.63, 3.8) is 0 Å². The van der Waals surface area contributed by atoms with Crippen molar-refractivity contribution in [2.75, 3.05) is 5.32 Å². The van der Waals surface area contributed by atoms with E-state index in [1.165, 1.54) is 6.08 Å². The van der Waals surface area contributed by atoms with E-state index in [4.69, 9.17) is 11.6 Å². The minimum Gasteiger partial charge on any atom is -0.321 e. The average Bonchev–Trinajstić information content (AvgIpc) is 2.94. The van der Waals surface area contributed by atoms with Crippen LogP contribution in [0.5, 0.6) is 0 Å². The minimum absolute atomic E-state index is 0.0731. The van der Waals surface area contributed by atoms with E-state index in [0.29, 0.717) is 21.8 Å². The molecule has 0 fully saturated rings. The van der Waals surface area contributed by atoms with E-state index < -0.39 is 11.8 Å². The number of benzene rings is 4. The first-order valence-electron chi connectivity index (χ1n) is 11.6. The lowest BCUT2D eigenvalue weighted by Crippen LogP contribution is -2.30. The van der Waals surface area contributed by atoms with Crippen LogP contribution in [0.3, 0.4) is 0 Å². The molecule has 2 N–H and O–H groups in total. The Morgan fingerprint density at radius 1 is 0.737 bits per heavy atom. The lowest BCUT2D eigenvalue weighted by atomic mass is 10.1. The number of rotatable bonds is 8. The first-order chi connectivity index (χ1) is 18.4. The number of hydrogen-bond donors (Lipinski definition) is 2. The number of amides is 2. The molecule has 0 unspecified atom stereocenters. The second-order valence-electron chi connectivity index (χ2n) is 8.18. The van der Waals surface area contributed by atoms with Crippen LogP contribution in [0.1, 0.15) is 31.8 Å². The number of anilines is 1. The average molecular weight is 586 g/mol. The standard InChI is InChI=1S/C31H22BrClN2O3/c32-25-15-10-21(11-16-25)20-28(35-30(37)24-7-2-1-3-8-24)31(38)34-26-17-12-23(13-18-26)29(36)19-14-22-6-4-5-9-27(22)33/h1-20H,(H,34,38)(H,35,37)/b19-14+,28-20-. The summed E-state index contributed by atoms with van der Waals surface area (Å²) < 4.78 is 0.894. The number of halogens is 2. The highest BCUT2D eigenvalue weighted by Gasteiger charge is 2.15. The molecule has 0 spiro atoms. The highest BCUT2D eigenvalue weighted by molar-refractivity contribution is 9.10. The van der Waals surface area contributed by atoms with Gasteiger partial charge in [-0.25, -0.2) is 0 Å². The second-order valence-corrected chi connectivity index (χ2v) is 9.50. The van der Waals surface area contributed by atoms with Gasteiger partial charge in [0.2, 0.25) is 0 Å². The summed E-state index contributed by atoms with van der Waals surface area (Å²) in [6, 6.07) is 29.7. The molecule has 4 aromatic carbocycles. The van der Waals surface area contributed by atoms with E-state index in [1.807, 2.05) is 48.5 Å². The van der Waals surface area contributed by atoms with Gasteiger partial charge in [0.05, 0.1) is 0 Å². The third kappa shape index (κ3) is 7.38. The molecular weight excluding hydrogens is 564 g/mol. The predicted octanol–water partition coefficient (Wildman–Crippen LogP) is 7.41. The zero-order valence-electron chi connectivity index (χ0n) is 20.0.